The summed E-state index contributed by atoms with van der Waals surface area (Å²) in [7, 11) is 0. The van der Waals surface area contributed by atoms with Crippen LogP contribution in [0.15, 0.2) is 18.2 Å². The van der Waals surface area contributed by atoms with Crippen LogP contribution in [0.5, 0.6) is 0 Å². The summed E-state index contributed by atoms with van der Waals surface area (Å²) in [5, 5.41) is 0. The molecule has 54 valence electrons. The van der Waals surface area contributed by atoms with Crippen molar-refractivity contribution >= 4 is 6.29 Å². The van der Waals surface area contributed by atoms with Gasteiger partial charge in [-0.1, -0.05) is 12.0 Å². The summed E-state index contributed by atoms with van der Waals surface area (Å²) in [5.74, 6) is 1.64. The Hall–Kier alpha value is -1.62. The van der Waals surface area contributed by atoms with Gasteiger partial charge < -0.3 is 0 Å². The van der Waals surface area contributed by atoms with Crippen LogP contribution in [0.1, 0.15) is 15.9 Å². The lowest BCUT2D eigenvalue weighted by Crippen LogP contribution is -1.91. The maximum Gasteiger partial charge on any atom is 0.154 e. The van der Waals surface area contributed by atoms with Crippen molar-refractivity contribution in [3.63, 3.8) is 0 Å². The first-order valence-corrected chi connectivity index (χ1v) is 3.00. The van der Waals surface area contributed by atoms with Gasteiger partial charge in [0.05, 0.1) is 5.56 Å². The van der Waals surface area contributed by atoms with Crippen LogP contribution in [0.2, 0.25) is 0 Å². The van der Waals surface area contributed by atoms with Crippen molar-refractivity contribution in [3.05, 3.63) is 35.1 Å². The highest BCUT2D eigenvalue weighted by atomic mass is 19.1. The maximum absolute atomic E-state index is 12.7. The van der Waals surface area contributed by atoms with Gasteiger partial charge in [0.25, 0.3) is 0 Å². The van der Waals surface area contributed by atoms with Crippen molar-refractivity contribution in [3.8, 4) is 12.3 Å². The van der Waals surface area contributed by atoms with E-state index in [-0.39, 0.29) is 5.56 Å². The molecule has 1 aromatic rings. The highest BCUT2D eigenvalue weighted by molar-refractivity contribution is 5.79. The molecule has 0 saturated heterocycles. The number of carbonyl (C=O) groups is 1. The van der Waals surface area contributed by atoms with Crippen molar-refractivity contribution in [2.75, 3.05) is 0 Å². The van der Waals surface area contributed by atoms with Gasteiger partial charge >= 0.3 is 0 Å². The molecule has 0 aromatic heterocycles. The van der Waals surface area contributed by atoms with E-state index in [1.165, 1.54) is 18.2 Å². The lowest BCUT2D eigenvalue weighted by atomic mass is 10.1. The molecular formula is C9H5FO. The Kier molecular flexibility index (Phi) is 2.03. The number of halogens is 1. The zero-order valence-corrected chi connectivity index (χ0v) is 5.67. The van der Waals surface area contributed by atoms with Gasteiger partial charge in [0.1, 0.15) is 5.82 Å². The number of hydrogen-bond acceptors (Lipinski definition) is 1. The molecular weight excluding hydrogens is 143 g/mol. The molecule has 0 atom stereocenters. The van der Waals surface area contributed by atoms with Gasteiger partial charge in [-0.3, -0.25) is 4.79 Å². The van der Waals surface area contributed by atoms with E-state index in [9.17, 15) is 9.18 Å². The van der Waals surface area contributed by atoms with E-state index in [1.807, 2.05) is 0 Å². The Bertz CT molecular complexity index is 323. The van der Waals surface area contributed by atoms with E-state index < -0.39 is 5.82 Å². The van der Waals surface area contributed by atoms with Crippen LogP contribution in [-0.2, 0) is 0 Å². The van der Waals surface area contributed by atoms with Crippen molar-refractivity contribution in [2.24, 2.45) is 0 Å². The molecule has 11 heavy (non-hydrogen) atoms. The summed E-state index contributed by atoms with van der Waals surface area (Å²) in [5.41, 5.74) is 0.245. The Morgan fingerprint density at radius 2 is 2.27 bits per heavy atom. The zero-order chi connectivity index (χ0) is 8.27. The molecule has 1 rings (SSSR count). The monoisotopic (exact) mass is 148 g/mol. The fourth-order valence-electron chi connectivity index (χ4n) is 0.783. The third-order valence-electron chi connectivity index (χ3n) is 1.33. The van der Waals surface area contributed by atoms with Crippen molar-refractivity contribution in [1.82, 2.24) is 0 Å². The van der Waals surface area contributed by atoms with Crippen LogP contribution in [-0.4, -0.2) is 6.29 Å². The summed E-state index contributed by atoms with van der Waals surface area (Å²) < 4.78 is 12.7. The summed E-state index contributed by atoms with van der Waals surface area (Å²) in [4.78, 5) is 10.3. The van der Waals surface area contributed by atoms with E-state index in [2.05, 4.69) is 5.92 Å². The number of terminal acetylenes is 1. The standard InChI is InChI=1S/C9H5FO/c1-2-7-4-3-5-9(10)8(7)6-11/h1,3-6H. The third-order valence-corrected chi connectivity index (χ3v) is 1.33. The van der Waals surface area contributed by atoms with Gasteiger partial charge in [0, 0.05) is 5.56 Å². The van der Waals surface area contributed by atoms with Crippen LogP contribution in [0.4, 0.5) is 4.39 Å². The normalized spacial score (nSPS) is 8.73. The second-order valence-electron chi connectivity index (χ2n) is 1.96. The van der Waals surface area contributed by atoms with Gasteiger partial charge in [-0.15, -0.1) is 6.42 Å². The van der Waals surface area contributed by atoms with Crippen molar-refractivity contribution < 1.29 is 9.18 Å². The molecule has 2 heteroatoms. The van der Waals surface area contributed by atoms with Crippen LogP contribution in [0, 0.1) is 18.2 Å². The molecule has 0 aliphatic carbocycles. The molecule has 0 aliphatic heterocycles. The second-order valence-corrected chi connectivity index (χ2v) is 1.96. The highest BCUT2D eigenvalue weighted by Crippen LogP contribution is 2.09. The largest absolute Gasteiger partial charge is 0.298 e. The number of benzene rings is 1. The molecule has 0 radical (unpaired) electrons. The van der Waals surface area contributed by atoms with Gasteiger partial charge in [-0.25, -0.2) is 4.39 Å². The van der Waals surface area contributed by atoms with E-state index >= 15 is 0 Å². The van der Waals surface area contributed by atoms with E-state index in [0.29, 0.717) is 11.8 Å². The number of rotatable bonds is 1. The van der Waals surface area contributed by atoms with Crippen LogP contribution >= 0.6 is 0 Å². The predicted molar refractivity (Wildman–Crippen MR) is 39.7 cm³/mol. The molecule has 1 nitrogen and oxygen atoms in total. The minimum absolute atomic E-state index is 0.0463. The van der Waals surface area contributed by atoms with E-state index in [0.717, 1.165) is 0 Å². The summed E-state index contributed by atoms with van der Waals surface area (Å²) in [6.07, 6.45) is 5.44. The summed E-state index contributed by atoms with van der Waals surface area (Å²) in [6.45, 7) is 0. The average Bonchev–Trinajstić information content (AvgIpc) is 2.04. The quantitative estimate of drug-likeness (QED) is 0.437. The minimum atomic E-state index is -0.574. The van der Waals surface area contributed by atoms with Gasteiger partial charge in [-0.2, -0.15) is 0 Å². The molecule has 0 heterocycles. The number of aldehydes is 1. The molecule has 1 aromatic carbocycles. The molecule has 0 fully saturated rings. The Balaban J connectivity index is 3.38. The predicted octanol–water partition coefficient (Wildman–Crippen LogP) is 1.62. The first-order chi connectivity index (χ1) is 5.29. The smallest absolute Gasteiger partial charge is 0.154 e. The number of hydrogen-bond donors (Lipinski definition) is 0. The highest BCUT2D eigenvalue weighted by Gasteiger charge is 2.03. The molecule has 0 spiro atoms. The Morgan fingerprint density at radius 1 is 1.55 bits per heavy atom. The summed E-state index contributed by atoms with van der Waals surface area (Å²) in [6, 6.07) is 4.19. The third kappa shape index (κ3) is 1.27. The zero-order valence-electron chi connectivity index (χ0n) is 5.67. The molecule has 0 N–H and O–H groups in total. The topological polar surface area (TPSA) is 17.1 Å². The summed E-state index contributed by atoms with van der Waals surface area (Å²) >= 11 is 0. The fraction of sp³-hybridized carbons (Fsp3) is 0. The van der Waals surface area contributed by atoms with Gasteiger partial charge in [-0.05, 0) is 12.1 Å². The van der Waals surface area contributed by atoms with E-state index in [1.54, 1.807) is 0 Å². The number of carbonyl (C=O) groups excluding carboxylic acids is 1. The van der Waals surface area contributed by atoms with E-state index in [4.69, 9.17) is 6.42 Å². The fourth-order valence-corrected chi connectivity index (χ4v) is 0.783. The molecule has 0 unspecified atom stereocenters. The Labute approximate surface area is 63.9 Å². The molecule has 0 saturated carbocycles. The average molecular weight is 148 g/mol. The SMILES string of the molecule is C#Cc1cccc(F)c1C=O. The second kappa shape index (κ2) is 2.98. The van der Waals surface area contributed by atoms with Gasteiger partial charge in [0.2, 0.25) is 0 Å². The van der Waals surface area contributed by atoms with Crippen LogP contribution in [0.25, 0.3) is 0 Å². The lowest BCUT2D eigenvalue weighted by molar-refractivity contribution is 0.111. The minimum Gasteiger partial charge on any atom is -0.298 e. The molecule has 0 aliphatic rings. The van der Waals surface area contributed by atoms with Gasteiger partial charge in [0.15, 0.2) is 6.29 Å². The van der Waals surface area contributed by atoms with Crippen LogP contribution in [0.3, 0.4) is 0 Å². The van der Waals surface area contributed by atoms with Crippen LogP contribution < -0.4 is 0 Å². The van der Waals surface area contributed by atoms with Crippen molar-refractivity contribution in [2.45, 2.75) is 0 Å². The molecule has 0 bridgehead atoms. The first-order valence-electron chi connectivity index (χ1n) is 3.00. The molecule has 0 amide bonds. The Morgan fingerprint density at radius 3 is 2.73 bits per heavy atom. The first kappa shape index (κ1) is 7.49. The lowest BCUT2D eigenvalue weighted by Gasteiger charge is -1.95. The van der Waals surface area contributed by atoms with Crippen molar-refractivity contribution in [1.29, 1.82) is 0 Å². The maximum atomic E-state index is 12.7.